The molecule has 0 spiro atoms. The molecule has 0 saturated heterocycles. The van der Waals surface area contributed by atoms with Crippen molar-refractivity contribution in [2.45, 2.75) is 32.7 Å². The van der Waals surface area contributed by atoms with Crippen LogP contribution in [0.4, 0.5) is 0 Å². The lowest BCUT2D eigenvalue weighted by Gasteiger charge is -2.10. The molecule has 7 heteroatoms. The lowest BCUT2D eigenvalue weighted by molar-refractivity contribution is -0.121. The van der Waals surface area contributed by atoms with Gasteiger partial charge < -0.3 is 9.88 Å². The lowest BCUT2D eigenvalue weighted by atomic mass is 10.2. The highest BCUT2D eigenvalue weighted by Crippen LogP contribution is 2.20. The average Bonchev–Trinajstić information content (AvgIpc) is 3.24. The van der Waals surface area contributed by atoms with Crippen LogP contribution in [-0.2, 0) is 23.6 Å². The Balaban J connectivity index is 1.51. The quantitative estimate of drug-likeness (QED) is 0.491. The van der Waals surface area contributed by atoms with E-state index >= 15 is 0 Å². The minimum absolute atomic E-state index is 0.0354. The number of carbonyl (C=O) groups is 1. The molecule has 1 N–H and O–H groups in total. The summed E-state index contributed by atoms with van der Waals surface area (Å²) in [6.07, 6.45) is 2.04. The van der Waals surface area contributed by atoms with Crippen molar-refractivity contribution in [3.63, 3.8) is 0 Å². The van der Waals surface area contributed by atoms with Gasteiger partial charge in [0.15, 0.2) is 0 Å². The molecule has 1 amide bonds. The Labute approximate surface area is 180 Å². The molecule has 6 nitrogen and oxygen atoms in total. The minimum atomic E-state index is -0.0354. The molecule has 0 aliphatic heterocycles. The predicted molar refractivity (Wildman–Crippen MR) is 122 cm³/mol. The Hall–Kier alpha value is -3.06. The zero-order valence-corrected chi connectivity index (χ0v) is 18.2. The smallest absolute Gasteiger partial charge is 0.240 e. The highest BCUT2D eigenvalue weighted by Gasteiger charge is 2.16. The maximum absolute atomic E-state index is 12.8. The first-order valence-electron chi connectivity index (χ1n) is 9.88. The summed E-state index contributed by atoms with van der Waals surface area (Å²) in [6, 6.07) is 18.0. The van der Waals surface area contributed by atoms with Crippen molar-refractivity contribution >= 4 is 28.7 Å². The number of nitrogens with one attached hydrogen (secondary N) is 1. The predicted octanol–water partition coefficient (Wildman–Crippen LogP) is 4.02. The van der Waals surface area contributed by atoms with Crippen LogP contribution in [0.25, 0.3) is 16.7 Å². The molecule has 0 aliphatic rings. The maximum Gasteiger partial charge on any atom is 0.240 e. The van der Waals surface area contributed by atoms with Gasteiger partial charge in [-0.25, -0.2) is 9.67 Å². The number of aromatic nitrogens is 4. The summed E-state index contributed by atoms with van der Waals surface area (Å²) in [7, 11) is 0. The van der Waals surface area contributed by atoms with E-state index in [-0.39, 0.29) is 12.5 Å². The van der Waals surface area contributed by atoms with E-state index < -0.39 is 0 Å². The van der Waals surface area contributed by atoms with Crippen LogP contribution in [0.3, 0.4) is 0 Å². The molecule has 2 heterocycles. The fourth-order valence-electron chi connectivity index (χ4n) is 3.68. The van der Waals surface area contributed by atoms with Gasteiger partial charge in [-0.05, 0) is 44.4 Å². The van der Waals surface area contributed by atoms with Crippen molar-refractivity contribution in [3.05, 3.63) is 77.4 Å². The molecule has 154 valence electrons. The zero-order chi connectivity index (χ0) is 21.1. The molecule has 4 aromatic rings. The molecule has 0 bridgehead atoms. The highest BCUT2D eigenvalue weighted by molar-refractivity contribution is 7.97. The Kier molecular flexibility index (Phi) is 5.90. The van der Waals surface area contributed by atoms with Crippen molar-refractivity contribution in [2.24, 2.45) is 0 Å². The van der Waals surface area contributed by atoms with Crippen LogP contribution in [0.2, 0.25) is 0 Å². The van der Waals surface area contributed by atoms with E-state index in [9.17, 15) is 4.79 Å². The van der Waals surface area contributed by atoms with E-state index in [4.69, 9.17) is 0 Å². The van der Waals surface area contributed by atoms with Crippen LogP contribution in [0.1, 0.15) is 22.8 Å². The van der Waals surface area contributed by atoms with Crippen LogP contribution in [-0.4, -0.2) is 31.5 Å². The number of fused-ring (bicyclic) bond motifs is 1. The molecular weight excluding hydrogens is 394 g/mol. The SMILES string of the molecule is CSCc1nc2ccccc2n1CC(=O)NCc1c(C)nn(-c2ccccc2)c1C. The van der Waals surface area contributed by atoms with Gasteiger partial charge in [0.05, 0.1) is 28.2 Å². The summed E-state index contributed by atoms with van der Waals surface area (Å²) in [4.78, 5) is 17.5. The number of amides is 1. The number of nitrogens with zero attached hydrogens (tertiary/aromatic N) is 4. The molecule has 2 aromatic heterocycles. The lowest BCUT2D eigenvalue weighted by Crippen LogP contribution is -2.28. The van der Waals surface area contributed by atoms with Crippen LogP contribution < -0.4 is 5.32 Å². The number of benzene rings is 2. The Morgan fingerprint density at radius 3 is 2.57 bits per heavy atom. The van der Waals surface area contributed by atoms with Crippen LogP contribution in [0.5, 0.6) is 0 Å². The summed E-state index contributed by atoms with van der Waals surface area (Å²) in [5.41, 5.74) is 5.93. The average molecular weight is 420 g/mol. The molecule has 0 unspecified atom stereocenters. The molecule has 4 rings (SSSR count). The van der Waals surface area contributed by atoms with Crippen molar-refractivity contribution < 1.29 is 4.79 Å². The summed E-state index contributed by atoms with van der Waals surface area (Å²) in [5, 5.41) is 7.73. The minimum Gasteiger partial charge on any atom is -0.350 e. The molecule has 0 radical (unpaired) electrons. The van der Waals surface area contributed by atoms with Crippen LogP contribution in [0, 0.1) is 13.8 Å². The van der Waals surface area contributed by atoms with E-state index in [2.05, 4.69) is 15.4 Å². The van der Waals surface area contributed by atoms with Gasteiger partial charge in [0.1, 0.15) is 12.4 Å². The molecule has 0 fully saturated rings. The summed E-state index contributed by atoms with van der Waals surface area (Å²) in [5.74, 6) is 1.65. The second kappa shape index (κ2) is 8.75. The Morgan fingerprint density at radius 1 is 1.07 bits per heavy atom. The molecule has 0 aliphatic carbocycles. The van der Waals surface area contributed by atoms with Gasteiger partial charge in [0.2, 0.25) is 5.91 Å². The number of hydrogen-bond acceptors (Lipinski definition) is 4. The van der Waals surface area contributed by atoms with Gasteiger partial charge in [-0.2, -0.15) is 16.9 Å². The zero-order valence-electron chi connectivity index (χ0n) is 17.4. The second-order valence-corrected chi connectivity index (χ2v) is 8.08. The van der Waals surface area contributed by atoms with Crippen LogP contribution >= 0.6 is 11.8 Å². The van der Waals surface area contributed by atoms with Crippen molar-refractivity contribution in [2.75, 3.05) is 6.26 Å². The number of imidazole rings is 1. The number of para-hydroxylation sites is 3. The van der Waals surface area contributed by atoms with E-state index in [1.807, 2.05) is 83.9 Å². The van der Waals surface area contributed by atoms with E-state index in [0.29, 0.717) is 6.54 Å². The van der Waals surface area contributed by atoms with Crippen molar-refractivity contribution in [3.8, 4) is 5.69 Å². The molecule has 2 aromatic carbocycles. The third kappa shape index (κ3) is 3.98. The molecule has 0 saturated carbocycles. The largest absolute Gasteiger partial charge is 0.350 e. The highest BCUT2D eigenvalue weighted by atomic mass is 32.2. The fraction of sp³-hybridized carbons (Fsp3) is 0.261. The molecule has 0 atom stereocenters. The number of aryl methyl sites for hydroxylation is 1. The van der Waals surface area contributed by atoms with Crippen LogP contribution in [0.15, 0.2) is 54.6 Å². The van der Waals surface area contributed by atoms with Gasteiger partial charge in [-0.15, -0.1) is 0 Å². The second-order valence-electron chi connectivity index (χ2n) is 7.21. The van der Waals surface area contributed by atoms with Gasteiger partial charge in [-0.3, -0.25) is 4.79 Å². The summed E-state index contributed by atoms with van der Waals surface area (Å²) in [6.45, 7) is 4.72. The monoisotopic (exact) mass is 419 g/mol. The normalized spacial score (nSPS) is 11.2. The van der Waals surface area contributed by atoms with Gasteiger partial charge in [0, 0.05) is 17.8 Å². The fourth-order valence-corrected chi connectivity index (χ4v) is 4.16. The Bertz CT molecular complexity index is 1180. The summed E-state index contributed by atoms with van der Waals surface area (Å²) < 4.78 is 3.94. The maximum atomic E-state index is 12.8. The van der Waals surface area contributed by atoms with Gasteiger partial charge in [0.25, 0.3) is 0 Å². The molecule has 30 heavy (non-hydrogen) atoms. The van der Waals surface area contributed by atoms with E-state index in [1.165, 1.54) is 0 Å². The number of hydrogen-bond donors (Lipinski definition) is 1. The number of carbonyl (C=O) groups excluding carboxylic acids is 1. The Morgan fingerprint density at radius 2 is 1.80 bits per heavy atom. The standard InChI is InChI=1S/C23H25N5OS/c1-16-19(17(2)28(26-16)18-9-5-4-6-10-18)13-24-23(29)14-27-21-12-8-7-11-20(21)25-22(27)15-30-3/h4-12H,13-15H2,1-3H3,(H,24,29). The summed E-state index contributed by atoms with van der Waals surface area (Å²) >= 11 is 1.70. The third-order valence-electron chi connectivity index (χ3n) is 5.21. The van der Waals surface area contributed by atoms with Gasteiger partial charge >= 0.3 is 0 Å². The van der Waals surface area contributed by atoms with E-state index in [1.54, 1.807) is 11.8 Å². The molecular formula is C23H25N5OS. The van der Waals surface area contributed by atoms with E-state index in [0.717, 1.165) is 45.2 Å². The number of thioether (sulfide) groups is 1. The first kappa shape index (κ1) is 20.2. The first-order chi connectivity index (χ1) is 14.6. The van der Waals surface area contributed by atoms with Gasteiger partial charge in [-0.1, -0.05) is 30.3 Å². The third-order valence-corrected chi connectivity index (χ3v) is 5.76. The topological polar surface area (TPSA) is 64.7 Å². The van der Waals surface area contributed by atoms with Crippen molar-refractivity contribution in [1.82, 2.24) is 24.6 Å². The van der Waals surface area contributed by atoms with Crippen molar-refractivity contribution in [1.29, 1.82) is 0 Å². The first-order valence-corrected chi connectivity index (χ1v) is 11.3. The number of rotatable bonds is 7.